The molecule has 0 fully saturated rings. The molecule has 0 amide bonds. The minimum atomic E-state index is -0.413. The van der Waals surface area contributed by atoms with E-state index in [1.165, 1.54) is 11.8 Å². The van der Waals surface area contributed by atoms with Crippen molar-refractivity contribution in [2.24, 2.45) is 4.99 Å². The number of para-hydroxylation sites is 2. The maximum Gasteiger partial charge on any atom is 0.347 e. The van der Waals surface area contributed by atoms with Gasteiger partial charge in [0.25, 0.3) is 0 Å². The van der Waals surface area contributed by atoms with Crippen molar-refractivity contribution in [3.05, 3.63) is 93.7 Å². The third-order valence-electron chi connectivity index (χ3n) is 4.07. The van der Waals surface area contributed by atoms with E-state index in [-0.39, 0.29) is 0 Å². The highest BCUT2D eigenvalue weighted by atomic mass is 32.2. The van der Waals surface area contributed by atoms with Crippen LogP contribution in [0.25, 0.3) is 15.9 Å². The fourth-order valence-corrected chi connectivity index (χ4v) is 4.03. The van der Waals surface area contributed by atoms with Crippen LogP contribution in [0.3, 0.4) is 0 Å². The third-order valence-corrected chi connectivity index (χ3v) is 5.24. The Hall–Kier alpha value is -3.05. The van der Waals surface area contributed by atoms with Crippen LogP contribution in [-0.4, -0.2) is 0 Å². The highest BCUT2D eigenvalue weighted by Gasteiger charge is 2.19. The van der Waals surface area contributed by atoms with Crippen LogP contribution >= 0.6 is 11.8 Å². The molecule has 1 aliphatic rings. The number of benzene rings is 2. The smallest absolute Gasteiger partial charge is 0.347 e. The number of rotatable bonds is 1. The second-order valence-corrected chi connectivity index (χ2v) is 6.65. The first-order chi connectivity index (χ1) is 12.3. The van der Waals surface area contributed by atoms with Gasteiger partial charge in [0, 0.05) is 10.3 Å². The van der Waals surface area contributed by atoms with Gasteiger partial charge in [-0.05, 0) is 36.4 Å². The topological polar surface area (TPSA) is 55.7 Å². The Morgan fingerprint density at radius 2 is 1.76 bits per heavy atom. The van der Waals surface area contributed by atoms with Gasteiger partial charge in [-0.1, -0.05) is 36.0 Å². The molecule has 0 atom stereocenters. The summed E-state index contributed by atoms with van der Waals surface area (Å²) < 4.78 is 11.1. The highest BCUT2D eigenvalue weighted by Crippen LogP contribution is 2.38. The number of fused-ring (bicyclic) bond motifs is 4. The summed E-state index contributed by atoms with van der Waals surface area (Å²) >= 11 is 1.47. The average molecular weight is 345 g/mol. The summed E-state index contributed by atoms with van der Waals surface area (Å²) in [5.74, 6) is 0.626. The van der Waals surface area contributed by atoms with Crippen molar-refractivity contribution in [1.29, 1.82) is 0 Å². The first kappa shape index (κ1) is 14.3. The predicted octanol–water partition coefficient (Wildman–Crippen LogP) is 3.60. The lowest BCUT2D eigenvalue weighted by Gasteiger charge is -2.04. The molecule has 0 aliphatic carbocycles. The van der Waals surface area contributed by atoms with Gasteiger partial charge in [-0.3, -0.25) is 0 Å². The summed E-state index contributed by atoms with van der Waals surface area (Å²) in [6.07, 6.45) is 1.60. The van der Waals surface area contributed by atoms with Gasteiger partial charge in [-0.2, -0.15) is 0 Å². The first-order valence-corrected chi connectivity index (χ1v) is 8.58. The lowest BCUT2D eigenvalue weighted by atomic mass is 10.2. The summed E-state index contributed by atoms with van der Waals surface area (Å²) in [6.45, 7) is 0. The molecule has 0 spiro atoms. The van der Waals surface area contributed by atoms with Gasteiger partial charge in [0.1, 0.15) is 16.6 Å². The van der Waals surface area contributed by atoms with Gasteiger partial charge >= 0.3 is 5.63 Å². The predicted molar refractivity (Wildman–Crippen MR) is 96.4 cm³/mol. The molecule has 2 aromatic heterocycles. The molecule has 0 saturated heterocycles. The minimum Gasteiger partial charge on any atom is -0.464 e. The van der Waals surface area contributed by atoms with Gasteiger partial charge in [0.15, 0.2) is 0 Å². The van der Waals surface area contributed by atoms with Crippen molar-refractivity contribution < 1.29 is 8.83 Å². The lowest BCUT2D eigenvalue weighted by molar-refractivity contribution is 0.545. The summed E-state index contributed by atoms with van der Waals surface area (Å²) in [5, 5.41) is 1.86. The molecule has 5 heteroatoms. The van der Waals surface area contributed by atoms with Crippen LogP contribution in [0.5, 0.6) is 0 Å². The average Bonchev–Trinajstić information content (AvgIpc) is 3.10. The minimum absolute atomic E-state index is 0.413. The van der Waals surface area contributed by atoms with Crippen molar-refractivity contribution in [2.45, 2.75) is 4.90 Å². The quantitative estimate of drug-likeness (QED) is 0.495. The normalized spacial score (nSPS) is 13.0. The van der Waals surface area contributed by atoms with Gasteiger partial charge in [-0.15, -0.1) is 0 Å². The molecule has 0 bridgehead atoms. The molecule has 25 heavy (non-hydrogen) atoms. The molecule has 0 N–H and O–H groups in total. The van der Waals surface area contributed by atoms with Crippen molar-refractivity contribution in [2.75, 3.05) is 0 Å². The van der Waals surface area contributed by atoms with Crippen molar-refractivity contribution in [3.8, 4) is 0 Å². The van der Waals surface area contributed by atoms with E-state index in [4.69, 9.17) is 13.8 Å². The van der Waals surface area contributed by atoms with Crippen LogP contribution in [0.15, 0.2) is 90.4 Å². The molecule has 0 unspecified atom stereocenters. The van der Waals surface area contributed by atoms with Crippen LogP contribution in [0.1, 0.15) is 5.76 Å². The fraction of sp³-hybridized carbons (Fsp3) is 0. The number of hydrogen-bond donors (Lipinski definition) is 0. The molecule has 4 nitrogen and oxygen atoms in total. The molecule has 0 radical (unpaired) electrons. The van der Waals surface area contributed by atoms with E-state index >= 15 is 0 Å². The molecule has 0 saturated carbocycles. The van der Waals surface area contributed by atoms with Gasteiger partial charge < -0.3 is 8.83 Å². The largest absolute Gasteiger partial charge is 0.464 e. The monoisotopic (exact) mass is 345 g/mol. The van der Waals surface area contributed by atoms with E-state index in [0.29, 0.717) is 26.8 Å². The van der Waals surface area contributed by atoms with Crippen molar-refractivity contribution >= 4 is 33.3 Å². The number of thioether (sulfide) groups is 1. The Morgan fingerprint density at radius 3 is 2.64 bits per heavy atom. The van der Waals surface area contributed by atoms with E-state index in [1.54, 1.807) is 18.4 Å². The third kappa shape index (κ3) is 2.24. The SMILES string of the molecule is O=c1oc2ccccc2c2c1=C(c1ccco1)Sc1ccccc1N=2. The zero-order chi connectivity index (χ0) is 16.8. The van der Waals surface area contributed by atoms with E-state index in [9.17, 15) is 4.79 Å². The summed E-state index contributed by atoms with van der Waals surface area (Å²) in [7, 11) is 0. The molecule has 2 aromatic carbocycles. The van der Waals surface area contributed by atoms with Crippen LogP contribution in [-0.2, 0) is 0 Å². The molecular formula is C20H11NO3S. The van der Waals surface area contributed by atoms with Crippen LogP contribution < -0.4 is 16.2 Å². The zero-order valence-electron chi connectivity index (χ0n) is 12.9. The Morgan fingerprint density at radius 1 is 0.920 bits per heavy atom. The first-order valence-electron chi connectivity index (χ1n) is 7.77. The molecular weight excluding hydrogens is 334 g/mol. The Bertz CT molecular complexity index is 1290. The van der Waals surface area contributed by atoms with E-state index in [0.717, 1.165) is 16.0 Å². The molecule has 4 aromatic rings. The van der Waals surface area contributed by atoms with Crippen molar-refractivity contribution in [1.82, 2.24) is 0 Å². The summed E-state index contributed by atoms with van der Waals surface area (Å²) in [4.78, 5) is 19.3. The van der Waals surface area contributed by atoms with Crippen LogP contribution in [0.4, 0.5) is 5.69 Å². The Labute approximate surface area is 146 Å². The van der Waals surface area contributed by atoms with Crippen LogP contribution in [0.2, 0.25) is 0 Å². The number of furan rings is 1. The van der Waals surface area contributed by atoms with E-state index < -0.39 is 5.63 Å². The second kappa shape index (κ2) is 5.50. The maximum absolute atomic E-state index is 12.8. The molecule has 1 aliphatic heterocycles. The molecule has 3 heterocycles. The Kier molecular flexibility index (Phi) is 3.15. The standard InChI is InChI=1S/C20H11NO3S/c22-20-17-18(12-6-1-3-8-14(12)24-20)21-13-7-2-4-10-16(13)25-19(17)15-9-5-11-23-15/h1-11H. The van der Waals surface area contributed by atoms with Crippen molar-refractivity contribution in [3.63, 3.8) is 0 Å². The van der Waals surface area contributed by atoms with Gasteiger partial charge in [0.05, 0.1) is 22.2 Å². The van der Waals surface area contributed by atoms with E-state index in [2.05, 4.69) is 0 Å². The molecule has 5 rings (SSSR count). The Balaban J connectivity index is 2.07. The maximum atomic E-state index is 12.8. The van der Waals surface area contributed by atoms with Crippen LogP contribution in [0, 0.1) is 0 Å². The highest BCUT2D eigenvalue weighted by molar-refractivity contribution is 8.08. The van der Waals surface area contributed by atoms with E-state index in [1.807, 2.05) is 48.5 Å². The fourth-order valence-electron chi connectivity index (χ4n) is 2.95. The van der Waals surface area contributed by atoms with Gasteiger partial charge in [0.2, 0.25) is 0 Å². The number of hydrogen-bond acceptors (Lipinski definition) is 5. The number of nitrogens with zero attached hydrogens (tertiary/aromatic N) is 1. The lowest BCUT2D eigenvalue weighted by Crippen LogP contribution is -2.40. The molecule has 120 valence electrons. The zero-order valence-corrected chi connectivity index (χ0v) is 13.7. The summed E-state index contributed by atoms with van der Waals surface area (Å²) in [5.41, 5.74) is 0.938. The van der Waals surface area contributed by atoms with Gasteiger partial charge in [-0.25, -0.2) is 9.79 Å². The summed E-state index contributed by atoms with van der Waals surface area (Å²) in [6, 6.07) is 18.9. The second-order valence-electron chi connectivity index (χ2n) is 5.60.